The van der Waals surface area contributed by atoms with Crippen LogP contribution in [0.15, 0.2) is 57.3 Å². The summed E-state index contributed by atoms with van der Waals surface area (Å²) in [5.74, 6) is 1.81. The molecular weight excluding hydrogens is 348 g/mol. The second-order valence-corrected chi connectivity index (χ2v) is 8.21. The molecule has 1 unspecified atom stereocenters. The van der Waals surface area contributed by atoms with E-state index < -0.39 is 0 Å². The van der Waals surface area contributed by atoms with Gasteiger partial charge in [0.05, 0.1) is 10.6 Å². The van der Waals surface area contributed by atoms with E-state index in [0.717, 1.165) is 21.0 Å². The highest BCUT2D eigenvalue weighted by molar-refractivity contribution is 7.12. The van der Waals surface area contributed by atoms with E-state index in [2.05, 4.69) is 45.0 Å². The molecule has 1 saturated carbocycles. The number of amidine groups is 1. The summed E-state index contributed by atoms with van der Waals surface area (Å²) in [6.07, 6.45) is 4.30. The lowest BCUT2D eigenvalue weighted by Crippen LogP contribution is -2.19. The van der Waals surface area contributed by atoms with Crippen LogP contribution in [0, 0.1) is 0 Å². The summed E-state index contributed by atoms with van der Waals surface area (Å²) in [5, 5.41) is 4.13. The molecule has 0 saturated heterocycles. The first-order valence-corrected chi connectivity index (χ1v) is 10.1. The summed E-state index contributed by atoms with van der Waals surface area (Å²) in [7, 11) is 0. The molecule has 5 rings (SSSR count). The molecule has 1 fully saturated rings. The van der Waals surface area contributed by atoms with Crippen LogP contribution in [-0.4, -0.2) is 16.5 Å². The van der Waals surface area contributed by atoms with Gasteiger partial charge >= 0.3 is 0 Å². The number of nitrogens with two attached hydrogens (primary N) is 1. The van der Waals surface area contributed by atoms with Crippen molar-refractivity contribution < 1.29 is 0 Å². The normalized spacial score (nSPS) is 19.8. The Kier molecular flexibility index (Phi) is 3.53. The fourth-order valence-electron chi connectivity index (χ4n) is 3.23. The predicted molar refractivity (Wildman–Crippen MR) is 105 cm³/mol. The molecular formula is C19H16N4S2. The fourth-order valence-corrected chi connectivity index (χ4v) is 4.73. The SMILES string of the molecule is NC1=Nc2nccc(C3CC3)c2C(c2cccs2)=NC1c1cccs1. The summed E-state index contributed by atoms with van der Waals surface area (Å²) in [6.45, 7) is 0. The molecule has 2 aliphatic rings. The number of aromatic nitrogens is 1. The maximum Gasteiger partial charge on any atom is 0.163 e. The zero-order valence-corrected chi connectivity index (χ0v) is 15.1. The maximum atomic E-state index is 6.36. The predicted octanol–water partition coefficient (Wildman–Crippen LogP) is 4.66. The number of pyridine rings is 1. The maximum absolute atomic E-state index is 6.36. The van der Waals surface area contributed by atoms with Crippen LogP contribution in [0.2, 0.25) is 0 Å². The van der Waals surface area contributed by atoms with Crippen molar-refractivity contribution in [2.75, 3.05) is 0 Å². The van der Waals surface area contributed by atoms with E-state index >= 15 is 0 Å². The van der Waals surface area contributed by atoms with Crippen LogP contribution >= 0.6 is 22.7 Å². The van der Waals surface area contributed by atoms with E-state index in [1.54, 1.807) is 22.7 Å². The van der Waals surface area contributed by atoms with Crippen molar-refractivity contribution in [2.24, 2.45) is 15.7 Å². The van der Waals surface area contributed by atoms with Gasteiger partial charge in [-0.25, -0.2) is 9.98 Å². The number of hydrogen-bond donors (Lipinski definition) is 1. The number of hydrogen-bond acceptors (Lipinski definition) is 6. The van der Waals surface area contributed by atoms with Crippen LogP contribution in [0.3, 0.4) is 0 Å². The Morgan fingerprint density at radius 3 is 2.60 bits per heavy atom. The first-order chi connectivity index (χ1) is 12.3. The van der Waals surface area contributed by atoms with Gasteiger partial charge in [-0.05, 0) is 53.3 Å². The van der Waals surface area contributed by atoms with Crippen molar-refractivity contribution in [3.05, 3.63) is 68.2 Å². The third kappa shape index (κ3) is 2.62. The van der Waals surface area contributed by atoms with E-state index in [0.29, 0.717) is 17.6 Å². The topological polar surface area (TPSA) is 63.6 Å². The second kappa shape index (κ2) is 5.89. The van der Waals surface area contributed by atoms with E-state index in [1.165, 1.54) is 18.4 Å². The molecule has 1 atom stereocenters. The van der Waals surface area contributed by atoms with Crippen molar-refractivity contribution in [2.45, 2.75) is 24.8 Å². The van der Waals surface area contributed by atoms with Crippen molar-refractivity contribution >= 4 is 40.0 Å². The van der Waals surface area contributed by atoms with Crippen LogP contribution in [-0.2, 0) is 0 Å². The molecule has 4 heterocycles. The van der Waals surface area contributed by atoms with Gasteiger partial charge in [0.25, 0.3) is 0 Å². The number of aliphatic imine (C=N–C) groups is 2. The Hall–Kier alpha value is -2.31. The molecule has 3 aromatic rings. The molecule has 0 amide bonds. The van der Waals surface area contributed by atoms with Crippen molar-refractivity contribution in [1.29, 1.82) is 0 Å². The lowest BCUT2D eigenvalue weighted by molar-refractivity contribution is 0.978. The van der Waals surface area contributed by atoms with Gasteiger partial charge in [0.2, 0.25) is 0 Å². The molecule has 25 heavy (non-hydrogen) atoms. The third-order valence-electron chi connectivity index (χ3n) is 4.56. The molecule has 3 aromatic heterocycles. The van der Waals surface area contributed by atoms with Crippen LogP contribution in [0.1, 0.15) is 45.7 Å². The van der Waals surface area contributed by atoms with E-state index in [-0.39, 0.29) is 6.04 Å². The average molecular weight is 364 g/mol. The summed E-state index contributed by atoms with van der Waals surface area (Å²) in [5.41, 5.74) is 9.70. The monoisotopic (exact) mass is 364 g/mol. The summed E-state index contributed by atoms with van der Waals surface area (Å²) < 4.78 is 0. The van der Waals surface area contributed by atoms with Gasteiger partial charge in [0.15, 0.2) is 5.82 Å². The van der Waals surface area contributed by atoms with Gasteiger partial charge in [-0.1, -0.05) is 12.1 Å². The second-order valence-electron chi connectivity index (χ2n) is 6.28. The van der Waals surface area contributed by atoms with E-state index in [1.807, 2.05) is 12.3 Å². The minimum Gasteiger partial charge on any atom is -0.385 e. The zero-order valence-electron chi connectivity index (χ0n) is 13.4. The Morgan fingerprint density at radius 2 is 1.88 bits per heavy atom. The van der Waals surface area contributed by atoms with Crippen LogP contribution in [0.4, 0.5) is 5.82 Å². The van der Waals surface area contributed by atoms with Gasteiger partial charge in [-0.2, -0.15) is 0 Å². The Bertz CT molecular complexity index is 967. The molecule has 1 aliphatic carbocycles. The van der Waals surface area contributed by atoms with Gasteiger partial charge < -0.3 is 5.73 Å². The lowest BCUT2D eigenvalue weighted by Gasteiger charge is -2.12. The van der Waals surface area contributed by atoms with Crippen LogP contribution in [0.25, 0.3) is 0 Å². The van der Waals surface area contributed by atoms with Crippen LogP contribution < -0.4 is 5.73 Å². The quantitative estimate of drug-likeness (QED) is 0.734. The lowest BCUT2D eigenvalue weighted by atomic mass is 9.99. The molecule has 0 radical (unpaired) electrons. The minimum absolute atomic E-state index is 0.252. The molecule has 2 N–H and O–H groups in total. The van der Waals surface area contributed by atoms with E-state index in [9.17, 15) is 0 Å². The minimum atomic E-state index is -0.252. The number of rotatable bonds is 3. The summed E-state index contributed by atoms with van der Waals surface area (Å²) in [4.78, 5) is 16.6. The number of thiophene rings is 2. The fraction of sp³-hybridized carbons (Fsp3) is 0.211. The first-order valence-electron chi connectivity index (χ1n) is 8.29. The van der Waals surface area contributed by atoms with Gasteiger partial charge in [0.1, 0.15) is 11.9 Å². The zero-order chi connectivity index (χ0) is 16.8. The Morgan fingerprint density at radius 1 is 1.04 bits per heavy atom. The van der Waals surface area contributed by atoms with E-state index in [4.69, 9.17) is 10.7 Å². The summed E-state index contributed by atoms with van der Waals surface area (Å²) >= 11 is 3.36. The molecule has 124 valence electrons. The number of nitrogens with zero attached hydrogens (tertiary/aromatic N) is 3. The van der Waals surface area contributed by atoms with Crippen molar-refractivity contribution in [1.82, 2.24) is 4.98 Å². The highest BCUT2D eigenvalue weighted by Crippen LogP contribution is 2.45. The average Bonchev–Trinajstić information content (AvgIpc) is 3.11. The smallest absolute Gasteiger partial charge is 0.163 e. The van der Waals surface area contributed by atoms with Crippen molar-refractivity contribution in [3.63, 3.8) is 0 Å². The molecule has 0 spiro atoms. The molecule has 1 aliphatic heterocycles. The largest absolute Gasteiger partial charge is 0.385 e. The third-order valence-corrected chi connectivity index (χ3v) is 6.36. The molecule has 0 aromatic carbocycles. The molecule has 6 heteroatoms. The Balaban J connectivity index is 1.78. The summed E-state index contributed by atoms with van der Waals surface area (Å²) in [6, 6.07) is 10.1. The highest BCUT2D eigenvalue weighted by atomic mass is 32.1. The van der Waals surface area contributed by atoms with Gasteiger partial charge in [0, 0.05) is 16.6 Å². The standard InChI is InChI=1S/C19H16N4S2/c20-18-17(14-4-2-10-25-14)22-16(13-3-1-9-24-13)15-12(11-5-6-11)7-8-21-19(15)23-18/h1-4,7-11,17H,5-6H2,(H2,20,21,23). The van der Waals surface area contributed by atoms with Gasteiger partial charge in [-0.3, -0.25) is 4.99 Å². The Labute approximate surface area is 153 Å². The number of fused-ring (bicyclic) bond motifs is 1. The molecule has 4 nitrogen and oxygen atoms in total. The van der Waals surface area contributed by atoms with Crippen molar-refractivity contribution in [3.8, 4) is 0 Å². The first kappa shape index (κ1) is 15.0. The van der Waals surface area contributed by atoms with Gasteiger partial charge in [-0.15, -0.1) is 22.7 Å². The highest BCUT2D eigenvalue weighted by Gasteiger charge is 2.32. The molecule has 0 bridgehead atoms. The van der Waals surface area contributed by atoms with Crippen LogP contribution in [0.5, 0.6) is 0 Å².